The van der Waals surface area contributed by atoms with Crippen LogP contribution in [0.2, 0.25) is 0 Å². The molecule has 0 saturated carbocycles. The van der Waals surface area contributed by atoms with E-state index in [9.17, 15) is 0 Å². The molecule has 0 saturated heterocycles. The van der Waals surface area contributed by atoms with Crippen LogP contribution >= 0.6 is 0 Å². The Morgan fingerprint density at radius 1 is 0.889 bits per heavy atom. The van der Waals surface area contributed by atoms with Crippen LogP contribution in [0.15, 0.2) is 48.8 Å². The second-order valence-corrected chi connectivity index (χ2v) is 7.86. The van der Waals surface area contributed by atoms with Crippen LogP contribution < -0.4 is 0 Å². The zero-order valence-corrected chi connectivity index (χ0v) is 17.5. The summed E-state index contributed by atoms with van der Waals surface area (Å²) in [7, 11) is 0. The van der Waals surface area contributed by atoms with Gasteiger partial charge in [0.15, 0.2) is 0 Å². The van der Waals surface area contributed by atoms with Gasteiger partial charge in [-0.1, -0.05) is 77.9 Å². The van der Waals surface area contributed by atoms with E-state index < -0.39 is 17.7 Å². The summed E-state index contributed by atoms with van der Waals surface area (Å²) < 4.78 is 28.4. The van der Waals surface area contributed by atoms with Crippen molar-refractivity contribution in [3.8, 4) is 17.1 Å². The van der Waals surface area contributed by atoms with Gasteiger partial charge in [-0.15, -0.1) is 0 Å². The molecule has 0 spiro atoms. The maximum atomic E-state index is 8.88. The van der Waals surface area contributed by atoms with E-state index in [-0.39, 0.29) is 0 Å². The number of benzene rings is 2. The molecule has 27 heavy (non-hydrogen) atoms. The molecule has 142 valence electrons. The van der Waals surface area contributed by atoms with Crippen LogP contribution in [0.1, 0.15) is 85.6 Å². The molecule has 3 rings (SSSR count). The number of rotatable bonds is 5. The molecule has 0 atom stereocenters. The lowest BCUT2D eigenvalue weighted by molar-refractivity contribution is 0.784. The van der Waals surface area contributed by atoms with E-state index in [0.29, 0.717) is 0 Å². The van der Waals surface area contributed by atoms with Crippen LogP contribution in [0.25, 0.3) is 17.1 Å². The van der Waals surface area contributed by atoms with E-state index in [1.54, 1.807) is 6.20 Å². The Balaban J connectivity index is 2.44. The molecular weight excluding hydrogens is 328 g/mol. The number of aryl methyl sites for hydroxylation is 1. The Kier molecular flexibility index (Phi) is 4.48. The van der Waals surface area contributed by atoms with Gasteiger partial charge < -0.3 is 0 Å². The smallest absolute Gasteiger partial charge is 0.144 e. The molecule has 2 heteroatoms. The van der Waals surface area contributed by atoms with Gasteiger partial charge in [0.25, 0.3) is 0 Å². The number of aromatic nitrogens is 2. The fraction of sp³-hybridized carbons (Fsp3) is 0.400. The zero-order chi connectivity index (χ0) is 22.5. The third kappa shape index (κ3) is 3.71. The van der Waals surface area contributed by atoms with Crippen LogP contribution in [0.5, 0.6) is 0 Å². The molecule has 0 aliphatic heterocycles. The van der Waals surface area contributed by atoms with Gasteiger partial charge in [-0.25, -0.2) is 4.98 Å². The summed E-state index contributed by atoms with van der Waals surface area (Å²) in [6.45, 7) is 13.2. The van der Waals surface area contributed by atoms with E-state index in [1.807, 2.05) is 82.6 Å². The highest BCUT2D eigenvalue weighted by Crippen LogP contribution is 2.37. The van der Waals surface area contributed by atoms with Crippen molar-refractivity contribution in [2.45, 2.75) is 66.1 Å². The molecule has 1 heterocycles. The van der Waals surface area contributed by atoms with Gasteiger partial charge in [-0.05, 0) is 46.9 Å². The lowest BCUT2D eigenvalue weighted by Crippen LogP contribution is -2.10. The van der Waals surface area contributed by atoms with Crippen molar-refractivity contribution in [2.24, 2.45) is 0 Å². The number of nitrogens with zero attached hydrogens (tertiary/aromatic N) is 2. The van der Waals surface area contributed by atoms with Gasteiger partial charge in [0, 0.05) is 22.1 Å². The van der Waals surface area contributed by atoms with Gasteiger partial charge in [-0.2, -0.15) is 0 Å². The summed E-state index contributed by atoms with van der Waals surface area (Å²) in [4.78, 5) is 4.64. The number of imidazole rings is 1. The fourth-order valence-corrected chi connectivity index (χ4v) is 3.45. The maximum Gasteiger partial charge on any atom is 0.144 e. The predicted octanol–water partition coefficient (Wildman–Crippen LogP) is 7.22. The summed E-state index contributed by atoms with van der Waals surface area (Å²) in [5, 5.41) is 0. The first-order valence-electron chi connectivity index (χ1n) is 11.0. The van der Waals surface area contributed by atoms with Crippen molar-refractivity contribution in [1.29, 1.82) is 0 Å². The van der Waals surface area contributed by atoms with Gasteiger partial charge >= 0.3 is 0 Å². The van der Waals surface area contributed by atoms with Crippen molar-refractivity contribution in [2.75, 3.05) is 0 Å². The highest BCUT2D eigenvalue weighted by atomic mass is 15.1. The molecular formula is C25H32N2. The van der Waals surface area contributed by atoms with Crippen LogP contribution in [0.4, 0.5) is 0 Å². The van der Waals surface area contributed by atoms with E-state index in [2.05, 4.69) is 18.0 Å². The average molecular weight is 364 g/mol. The van der Waals surface area contributed by atoms with Crippen molar-refractivity contribution in [1.82, 2.24) is 9.55 Å². The summed E-state index contributed by atoms with van der Waals surface area (Å²) >= 11 is 0. The first-order valence-corrected chi connectivity index (χ1v) is 9.50. The Labute approximate surface area is 168 Å². The molecule has 2 aromatic carbocycles. The molecule has 0 bridgehead atoms. The fourth-order valence-electron chi connectivity index (χ4n) is 3.45. The highest BCUT2D eigenvalue weighted by Gasteiger charge is 2.21. The summed E-state index contributed by atoms with van der Waals surface area (Å²) in [6.07, 6.45) is 3.68. The lowest BCUT2D eigenvalue weighted by atomic mass is 9.87. The Hall–Kier alpha value is -2.35. The third-order valence-corrected chi connectivity index (χ3v) is 5.03. The minimum atomic E-state index is -0.913. The van der Waals surface area contributed by atoms with Gasteiger partial charge in [0.1, 0.15) is 5.82 Å². The normalized spacial score (nSPS) is 14.6. The van der Waals surface area contributed by atoms with Crippen LogP contribution in [0, 0.1) is 6.92 Å². The second-order valence-electron chi connectivity index (χ2n) is 7.86. The molecule has 0 radical (unpaired) electrons. The minimum absolute atomic E-state index is 0.794. The number of hydrogen-bond acceptors (Lipinski definition) is 1. The molecule has 3 aromatic rings. The minimum Gasteiger partial charge on any atom is -0.299 e. The summed E-state index contributed by atoms with van der Waals surface area (Å²) in [6, 6.07) is 12.0. The molecule has 0 aliphatic carbocycles. The van der Waals surface area contributed by atoms with E-state index >= 15 is 0 Å². The summed E-state index contributed by atoms with van der Waals surface area (Å²) in [5.41, 5.74) is 5.36. The van der Waals surface area contributed by atoms with Gasteiger partial charge in [0.2, 0.25) is 0 Å². The maximum absolute atomic E-state index is 8.88. The molecule has 0 unspecified atom stereocenters. The number of hydrogen-bond donors (Lipinski definition) is 0. The van der Waals surface area contributed by atoms with E-state index in [1.165, 1.54) is 0 Å². The van der Waals surface area contributed by atoms with E-state index in [4.69, 9.17) is 4.11 Å². The van der Waals surface area contributed by atoms with Crippen molar-refractivity contribution in [3.05, 3.63) is 71.0 Å². The van der Waals surface area contributed by atoms with Gasteiger partial charge in [-0.3, -0.25) is 4.57 Å². The topological polar surface area (TPSA) is 17.8 Å². The standard InChI is InChI=1S/C25H32N2/c1-16(2)20-14-22(17(3)4)24(23(15-20)18(5)6)27-13-12-26-25(27)21-11-9-8-10-19(21)7/h8-18H,1-7H3/i16D,17D,18D. The van der Waals surface area contributed by atoms with Crippen molar-refractivity contribution >= 4 is 0 Å². The second kappa shape index (κ2) is 7.72. The quantitative estimate of drug-likeness (QED) is 0.468. The average Bonchev–Trinajstić information content (AvgIpc) is 3.07. The monoisotopic (exact) mass is 363 g/mol. The molecule has 2 nitrogen and oxygen atoms in total. The van der Waals surface area contributed by atoms with Gasteiger partial charge in [0.05, 0.1) is 5.69 Å². The Morgan fingerprint density at radius 3 is 2.00 bits per heavy atom. The largest absolute Gasteiger partial charge is 0.299 e. The molecule has 0 N–H and O–H groups in total. The predicted molar refractivity (Wildman–Crippen MR) is 116 cm³/mol. The summed E-state index contributed by atoms with van der Waals surface area (Å²) in [5.74, 6) is -1.86. The van der Waals surface area contributed by atoms with Crippen LogP contribution in [-0.2, 0) is 0 Å². The Bertz CT molecular complexity index is 1030. The third-order valence-electron chi connectivity index (χ3n) is 5.03. The molecule has 1 aromatic heterocycles. The van der Waals surface area contributed by atoms with Crippen molar-refractivity contribution < 1.29 is 4.11 Å². The van der Waals surface area contributed by atoms with Crippen LogP contribution in [0.3, 0.4) is 0 Å². The van der Waals surface area contributed by atoms with Crippen molar-refractivity contribution in [3.63, 3.8) is 0 Å². The molecule has 0 aliphatic rings. The van der Waals surface area contributed by atoms with Crippen LogP contribution in [-0.4, -0.2) is 9.55 Å². The first-order chi connectivity index (χ1) is 13.7. The Morgan fingerprint density at radius 2 is 1.48 bits per heavy atom. The zero-order valence-electron chi connectivity index (χ0n) is 20.5. The molecule has 0 amide bonds. The highest BCUT2D eigenvalue weighted by molar-refractivity contribution is 5.65. The first kappa shape index (κ1) is 15.7. The SMILES string of the molecule is [2H]C(C)(C)c1cc(C([2H])(C)C)c(-n2ccnc2-c2ccccc2C)c(C([2H])(C)C)c1. The lowest BCUT2D eigenvalue weighted by Gasteiger charge is -2.24. The van der Waals surface area contributed by atoms with E-state index in [0.717, 1.165) is 39.3 Å². The molecule has 0 fully saturated rings.